The molecule has 0 saturated carbocycles. The van der Waals surface area contributed by atoms with Crippen LogP contribution < -0.4 is 5.73 Å². The summed E-state index contributed by atoms with van der Waals surface area (Å²) in [6.07, 6.45) is -2.01. The number of halogens is 1. The third-order valence-corrected chi connectivity index (χ3v) is 1.82. The molecule has 13 heavy (non-hydrogen) atoms. The summed E-state index contributed by atoms with van der Waals surface area (Å²) in [5, 5.41) is 8.94. The molecule has 0 spiro atoms. The molecule has 2 atom stereocenters. The van der Waals surface area contributed by atoms with Crippen molar-refractivity contribution in [2.75, 3.05) is 26.3 Å². The summed E-state index contributed by atoms with van der Waals surface area (Å²) in [4.78, 5) is 12.3. The van der Waals surface area contributed by atoms with Gasteiger partial charge < -0.3 is 20.5 Å². The third kappa shape index (κ3) is 2.53. The van der Waals surface area contributed by atoms with Crippen LogP contribution in [0.2, 0.25) is 0 Å². The first-order valence-corrected chi connectivity index (χ1v) is 4.07. The molecule has 1 saturated heterocycles. The van der Waals surface area contributed by atoms with Crippen LogP contribution in [0, 0.1) is 0 Å². The zero-order valence-corrected chi connectivity index (χ0v) is 7.15. The van der Waals surface area contributed by atoms with Crippen molar-refractivity contribution in [2.24, 2.45) is 5.73 Å². The van der Waals surface area contributed by atoms with Gasteiger partial charge in [-0.05, 0) is 0 Å². The summed E-state index contributed by atoms with van der Waals surface area (Å²) >= 11 is 0. The molecule has 1 fully saturated rings. The van der Waals surface area contributed by atoms with Crippen LogP contribution in [-0.2, 0) is 4.74 Å². The molecule has 1 aliphatic rings. The number of aliphatic hydroxyl groups excluding tert-OH is 1. The van der Waals surface area contributed by atoms with Gasteiger partial charge in [-0.2, -0.15) is 0 Å². The Morgan fingerprint density at radius 2 is 2.54 bits per heavy atom. The Morgan fingerprint density at radius 1 is 1.85 bits per heavy atom. The molecule has 76 valence electrons. The molecule has 1 aliphatic heterocycles. The van der Waals surface area contributed by atoms with E-state index in [9.17, 15) is 9.18 Å². The first kappa shape index (κ1) is 10.2. The number of β-amino-alcohol motifs (C(OH)–C–C–N with tert-alkyl or cyclic N) is 1. The van der Waals surface area contributed by atoms with E-state index in [1.165, 1.54) is 4.90 Å². The number of ether oxygens (including phenoxy) is 1. The van der Waals surface area contributed by atoms with Gasteiger partial charge in [0.25, 0.3) is 0 Å². The maximum Gasteiger partial charge on any atom is 0.410 e. The van der Waals surface area contributed by atoms with Crippen LogP contribution in [0.25, 0.3) is 0 Å². The molecule has 0 aliphatic carbocycles. The molecule has 2 unspecified atom stereocenters. The van der Waals surface area contributed by atoms with Crippen LogP contribution in [0.4, 0.5) is 9.18 Å². The number of hydrogen-bond donors (Lipinski definition) is 2. The number of carbonyl (C=O) groups is 1. The second-order valence-corrected chi connectivity index (χ2v) is 2.95. The average Bonchev–Trinajstić information content (AvgIpc) is 2.47. The molecule has 1 amide bonds. The van der Waals surface area contributed by atoms with E-state index in [1.54, 1.807) is 0 Å². The highest BCUT2D eigenvalue weighted by Gasteiger charge is 2.31. The molecule has 0 aromatic carbocycles. The van der Waals surface area contributed by atoms with E-state index in [0.717, 1.165) is 0 Å². The molecule has 1 rings (SSSR count). The Hall–Kier alpha value is -0.880. The Bertz CT molecular complexity index is 191. The first-order chi connectivity index (χ1) is 6.17. The van der Waals surface area contributed by atoms with E-state index in [0.29, 0.717) is 6.54 Å². The molecular weight excluding hydrogens is 179 g/mol. The third-order valence-electron chi connectivity index (χ3n) is 1.82. The van der Waals surface area contributed by atoms with E-state index in [1.807, 2.05) is 0 Å². The number of amides is 1. The lowest BCUT2D eigenvalue weighted by Crippen LogP contribution is -2.35. The highest BCUT2D eigenvalue weighted by Crippen LogP contribution is 2.10. The van der Waals surface area contributed by atoms with Gasteiger partial charge in [0, 0.05) is 6.54 Å². The van der Waals surface area contributed by atoms with Gasteiger partial charge in [-0.25, -0.2) is 9.18 Å². The van der Waals surface area contributed by atoms with Crippen LogP contribution in [-0.4, -0.2) is 54.6 Å². The summed E-state index contributed by atoms with van der Waals surface area (Å²) < 4.78 is 16.7. The standard InChI is InChI=1S/C7H13FN2O3/c8-1-5(11)3-10-4-6(2-9)13-7(10)12/h5-6,11H,1-4,9H2. The molecular formula is C7H13FN2O3. The van der Waals surface area contributed by atoms with E-state index in [4.69, 9.17) is 15.6 Å². The number of rotatable bonds is 4. The lowest BCUT2D eigenvalue weighted by atomic mass is 10.3. The molecule has 0 bridgehead atoms. The molecule has 0 aromatic rings. The minimum Gasteiger partial charge on any atom is -0.443 e. The molecule has 0 aromatic heterocycles. The summed E-state index contributed by atoms with van der Waals surface area (Å²) in [5.74, 6) is 0. The summed E-state index contributed by atoms with van der Waals surface area (Å²) in [6, 6.07) is 0. The maximum atomic E-state index is 11.9. The van der Waals surface area contributed by atoms with Crippen molar-refractivity contribution in [3.05, 3.63) is 0 Å². The minimum absolute atomic E-state index is 0.0359. The van der Waals surface area contributed by atoms with Crippen molar-refractivity contribution in [1.29, 1.82) is 0 Å². The van der Waals surface area contributed by atoms with Crippen LogP contribution >= 0.6 is 0 Å². The van der Waals surface area contributed by atoms with Crippen LogP contribution in [0.1, 0.15) is 0 Å². The number of cyclic esters (lactones) is 1. The highest BCUT2D eigenvalue weighted by molar-refractivity contribution is 5.69. The monoisotopic (exact) mass is 192 g/mol. The quantitative estimate of drug-likeness (QED) is 0.605. The highest BCUT2D eigenvalue weighted by atomic mass is 19.1. The van der Waals surface area contributed by atoms with Crippen LogP contribution in [0.5, 0.6) is 0 Å². The average molecular weight is 192 g/mol. The fourth-order valence-electron chi connectivity index (χ4n) is 1.15. The second kappa shape index (κ2) is 4.38. The van der Waals surface area contributed by atoms with E-state index in [-0.39, 0.29) is 19.2 Å². The molecule has 0 radical (unpaired) electrons. The Morgan fingerprint density at radius 3 is 3.00 bits per heavy atom. The Labute approximate surface area is 75.3 Å². The van der Waals surface area contributed by atoms with Crippen molar-refractivity contribution >= 4 is 6.09 Å². The smallest absolute Gasteiger partial charge is 0.410 e. The van der Waals surface area contributed by atoms with E-state index in [2.05, 4.69) is 0 Å². The van der Waals surface area contributed by atoms with E-state index >= 15 is 0 Å². The summed E-state index contributed by atoms with van der Waals surface area (Å²) in [7, 11) is 0. The predicted molar refractivity (Wildman–Crippen MR) is 42.9 cm³/mol. The number of hydrogen-bond acceptors (Lipinski definition) is 4. The maximum absolute atomic E-state index is 11.9. The van der Waals surface area contributed by atoms with Crippen LogP contribution in [0.15, 0.2) is 0 Å². The number of nitrogens with two attached hydrogens (primary N) is 1. The van der Waals surface area contributed by atoms with Gasteiger partial charge >= 0.3 is 6.09 Å². The minimum atomic E-state index is -1.14. The number of carbonyl (C=O) groups excluding carboxylic acids is 1. The SMILES string of the molecule is NCC1CN(CC(O)CF)C(=O)O1. The van der Waals surface area contributed by atoms with Gasteiger partial charge in [-0.15, -0.1) is 0 Å². The van der Waals surface area contributed by atoms with Gasteiger partial charge in [0.15, 0.2) is 0 Å². The van der Waals surface area contributed by atoms with Crippen molar-refractivity contribution < 1.29 is 19.0 Å². The largest absolute Gasteiger partial charge is 0.443 e. The van der Waals surface area contributed by atoms with Crippen molar-refractivity contribution in [2.45, 2.75) is 12.2 Å². The fraction of sp³-hybridized carbons (Fsp3) is 0.857. The van der Waals surface area contributed by atoms with Crippen molar-refractivity contribution in [3.63, 3.8) is 0 Å². The Balaban J connectivity index is 2.39. The fourth-order valence-corrected chi connectivity index (χ4v) is 1.15. The molecule has 3 N–H and O–H groups in total. The second-order valence-electron chi connectivity index (χ2n) is 2.95. The Kier molecular flexibility index (Phi) is 3.44. The molecule has 1 heterocycles. The van der Waals surface area contributed by atoms with Gasteiger partial charge in [0.2, 0.25) is 0 Å². The topological polar surface area (TPSA) is 75.8 Å². The summed E-state index contributed by atoms with van der Waals surface area (Å²) in [6.45, 7) is -0.330. The van der Waals surface area contributed by atoms with Gasteiger partial charge in [-0.1, -0.05) is 0 Å². The van der Waals surface area contributed by atoms with Crippen LogP contribution in [0.3, 0.4) is 0 Å². The zero-order valence-electron chi connectivity index (χ0n) is 7.15. The van der Waals surface area contributed by atoms with Gasteiger partial charge in [-0.3, -0.25) is 0 Å². The molecule has 6 heteroatoms. The van der Waals surface area contributed by atoms with Gasteiger partial charge in [0.05, 0.1) is 19.2 Å². The number of alkyl halides is 1. The number of nitrogens with zero attached hydrogens (tertiary/aromatic N) is 1. The van der Waals surface area contributed by atoms with Gasteiger partial charge in [0.1, 0.15) is 12.8 Å². The van der Waals surface area contributed by atoms with E-state index < -0.39 is 18.9 Å². The zero-order chi connectivity index (χ0) is 9.84. The normalized spacial score (nSPS) is 24.7. The number of aliphatic hydroxyl groups is 1. The lowest BCUT2D eigenvalue weighted by molar-refractivity contribution is 0.0980. The van der Waals surface area contributed by atoms with Crippen molar-refractivity contribution in [3.8, 4) is 0 Å². The molecule has 5 nitrogen and oxygen atoms in total. The lowest BCUT2D eigenvalue weighted by Gasteiger charge is -2.14. The summed E-state index contributed by atoms with van der Waals surface area (Å²) in [5.41, 5.74) is 5.28. The van der Waals surface area contributed by atoms with Crippen molar-refractivity contribution in [1.82, 2.24) is 4.90 Å². The first-order valence-electron chi connectivity index (χ1n) is 4.07. The predicted octanol–water partition coefficient (Wildman–Crippen LogP) is -0.904.